The van der Waals surface area contributed by atoms with Gasteiger partial charge in [0.1, 0.15) is 0 Å². The third-order valence-corrected chi connectivity index (χ3v) is 3.66. The normalized spacial score (nSPS) is 24.6. The predicted molar refractivity (Wildman–Crippen MR) is 73.1 cm³/mol. The number of nitrogens with zero attached hydrogens (tertiary/aromatic N) is 3. The van der Waals surface area contributed by atoms with Crippen LogP contribution in [0.3, 0.4) is 0 Å². The second kappa shape index (κ2) is 6.30. The number of ether oxygens (including phenoxy) is 1. The second-order valence-corrected chi connectivity index (χ2v) is 5.21. The predicted octanol–water partition coefficient (Wildman–Crippen LogP) is 1.62. The Morgan fingerprint density at radius 2 is 2.00 bits per heavy atom. The first-order chi connectivity index (χ1) is 9.16. The Bertz CT molecular complexity index is 418. The molecule has 0 aliphatic carbocycles. The van der Waals surface area contributed by atoms with E-state index < -0.39 is 0 Å². The number of rotatable bonds is 5. The van der Waals surface area contributed by atoms with Crippen LogP contribution < -0.4 is 0 Å². The minimum absolute atomic E-state index is 0.294. The molecule has 1 aromatic heterocycles. The molecule has 2 atom stereocenters. The summed E-state index contributed by atoms with van der Waals surface area (Å²) in [5.41, 5.74) is 1.55. The van der Waals surface area contributed by atoms with E-state index in [9.17, 15) is 4.79 Å². The van der Waals surface area contributed by atoms with E-state index in [0.29, 0.717) is 17.8 Å². The van der Waals surface area contributed by atoms with Gasteiger partial charge in [-0.25, -0.2) is 0 Å². The van der Waals surface area contributed by atoms with Crippen molar-refractivity contribution in [2.75, 3.05) is 13.1 Å². The molecule has 19 heavy (non-hydrogen) atoms. The molecule has 2 rings (SSSR count). The third-order valence-electron chi connectivity index (χ3n) is 3.66. The van der Waals surface area contributed by atoms with Crippen LogP contribution in [0.15, 0.2) is 6.20 Å². The number of aryl methyl sites for hydroxylation is 1. The summed E-state index contributed by atoms with van der Waals surface area (Å²) in [6.07, 6.45) is 5.30. The van der Waals surface area contributed by atoms with Gasteiger partial charge < -0.3 is 4.74 Å². The van der Waals surface area contributed by atoms with Gasteiger partial charge in [0.25, 0.3) is 0 Å². The third kappa shape index (κ3) is 3.42. The minimum atomic E-state index is 0.294. The SMILES string of the molecule is CCC1CN(Cc2nn(C)cc2C=O)CC(CC)O1. The number of morpholine rings is 1. The van der Waals surface area contributed by atoms with Crippen molar-refractivity contribution in [3.63, 3.8) is 0 Å². The van der Waals surface area contributed by atoms with Crippen LogP contribution in [-0.2, 0) is 18.3 Å². The number of hydrogen-bond donors (Lipinski definition) is 0. The highest BCUT2D eigenvalue weighted by Gasteiger charge is 2.26. The minimum Gasteiger partial charge on any atom is -0.372 e. The Labute approximate surface area is 114 Å². The Kier molecular flexibility index (Phi) is 4.71. The number of carbonyl (C=O) groups is 1. The maximum Gasteiger partial charge on any atom is 0.153 e. The van der Waals surface area contributed by atoms with Crippen LogP contribution >= 0.6 is 0 Å². The average molecular weight is 265 g/mol. The highest BCUT2D eigenvalue weighted by molar-refractivity contribution is 5.75. The van der Waals surface area contributed by atoms with E-state index in [1.54, 1.807) is 10.9 Å². The first kappa shape index (κ1) is 14.2. The van der Waals surface area contributed by atoms with Gasteiger partial charge in [-0.05, 0) is 12.8 Å². The molecule has 0 radical (unpaired) electrons. The highest BCUT2D eigenvalue weighted by Crippen LogP contribution is 2.18. The topological polar surface area (TPSA) is 47.4 Å². The molecule has 1 aliphatic heterocycles. The Morgan fingerprint density at radius 3 is 2.53 bits per heavy atom. The molecule has 1 saturated heterocycles. The molecule has 0 spiro atoms. The van der Waals surface area contributed by atoms with Crippen molar-refractivity contribution >= 4 is 6.29 Å². The molecule has 5 heteroatoms. The highest BCUT2D eigenvalue weighted by atomic mass is 16.5. The van der Waals surface area contributed by atoms with Crippen LogP contribution in [0.1, 0.15) is 42.7 Å². The lowest BCUT2D eigenvalue weighted by Crippen LogP contribution is -2.46. The van der Waals surface area contributed by atoms with Crippen molar-refractivity contribution < 1.29 is 9.53 Å². The monoisotopic (exact) mass is 265 g/mol. The molecule has 0 bridgehead atoms. The van der Waals surface area contributed by atoms with E-state index >= 15 is 0 Å². The van der Waals surface area contributed by atoms with Crippen molar-refractivity contribution in [3.05, 3.63) is 17.5 Å². The van der Waals surface area contributed by atoms with E-state index in [2.05, 4.69) is 23.8 Å². The van der Waals surface area contributed by atoms with Crippen molar-refractivity contribution in [2.24, 2.45) is 7.05 Å². The number of aromatic nitrogens is 2. The van der Waals surface area contributed by atoms with Crippen LogP contribution in [0, 0.1) is 0 Å². The maximum absolute atomic E-state index is 11.0. The fourth-order valence-corrected chi connectivity index (χ4v) is 2.57. The molecule has 1 aromatic rings. The lowest BCUT2D eigenvalue weighted by atomic mass is 10.1. The molecule has 1 fully saturated rings. The fraction of sp³-hybridized carbons (Fsp3) is 0.714. The molecule has 2 heterocycles. The molecular weight excluding hydrogens is 242 g/mol. The summed E-state index contributed by atoms with van der Waals surface area (Å²) in [5.74, 6) is 0. The zero-order chi connectivity index (χ0) is 13.8. The van der Waals surface area contributed by atoms with Gasteiger partial charge in [-0.1, -0.05) is 13.8 Å². The van der Waals surface area contributed by atoms with Crippen LogP contribution in [0.5, 0.6) is 0 Å². The summed E-state index contributed by atoms with van der Waals surface area (Å²) >= 11 is 0. The number of carbonyl (C=O) groups excluding carboxylic acids is 1. The molecule has 0 N–H and O–H groups in total. The average Bonchev–Trinajstić information content (AvgIpc) is 2.78. The largest absolute Gasteiger partial charge is 0.372 e. The van der Waals surface area contributed by atoms with E-state index in [-0.39, 0.29) is 0 Å². The molecule has 2 unspecified atom stereocenters. The van der Waals surface area contributed by atoms with Gasteiger partial charge in [0.15, 0.2) is 6.29 Å². The van der Waals surface area contributed by atoms with Gasteiger partial charge in [-0.2, -0.15) is 5.10 Å². The Balaban J connectivity index is 2.06. The standard InChI is InChI=1S/C14H23N3O2/c1-4-12-7-17(8-13(5-2)19-12)9-14-11(10-18)6-16(3)15-14/h6,10,12-13H,4-5,7-9H2,1-3H3. The molecule has 5 nitrogen and oxygen atoms in total. The van der Waals surface area contributed by atoms with Crippen molar-refractivity contribution in [3.8, 4) is 0 Å². The van der Waals surface area contributed by atoms with Crippen LogP contribution in [-0.4, -0.2) is 46.3 Å². The Morgan fingerprint density at radius 1 is 1.37 bits per heavy atom. The van der Waals surface area contributed by atoms with Gasteiger partial charge >= 0.3 is 0 Å². The van der Waals surface area contributed by atoms with E-state index in [4.69, 9.17) is 4.74 Å². The first-order valence-electron chi connectivity index (χ1n) is 7.01. The molecule has 1 aliphatic rings. The molecule has 0 amide bonds. The molecule has 106 valence electrons. The smallest absolute Gasteiger partial charge is 0.153 e. The summed E-state index contributed by atoms with van der Waals surface area (Å²) in [6.45, 7) is 6.87. The van der Waals surface area contributed by atoms with Crippen molar-refractivity contribution in [1.82, 2.24) is 14.7 Å². The van der Waals surface area contributed by atoms with E-state index in [1.807, 2.05) is 7.05 Å². The molecule has 0 aromatic carbocycles. The summed E-state index contributed by atoms with van der Waals surface area (Å²) < 4.78 is 7.68. The van der Waals surface area contributed by atoms with Crippen LogP contribution in [0.25, 0.3) is 0 Å². The zero-order valence-electron chi connectivity index (χ0n) is 12.0. The summed E-state index contributed by atoms with van der Waals surface area (Å²) in [7, 11) is 1.85. The maximum atomic E-state index is 11.0. The van der Waals surface area contributed by atoms with Crippen LogP contribution in [0.2, 0.25) is 0 Å². The Hall–Kier alpha value is -1.20. The second-order valence-electron chi connectivity index (χ2n) is 5.21. The number of hydrogen-bond acceptors (Lipinski definition) is 4. The van der Waals surface area contributed by atoms with Crippen molar-refractivity contribution in [1.29, 1.82) is 0 Å². The lowest BCUT2D eigenvalue weighted by Gasteiger charge is -2.37. The van der Waals surface area contributed by atoms with Crippen LogP contribution in [0.4, 0.5) is 0 Å². The van der Waals surface area contributed by atoms with Crippen molar-refractivity contribution in [2.45, 2.75) is 45.4 Å². The molecule has 0 saturated carbocycles. The van der Waals surface area contributed by atoms with Gasteiger partial charge in [0, 0.05) is 32.9 Å². The lowest BCUT2D eigenvalue weighted by molar-refractivity contribution is -0.0895. The van der Waals surface area contributed by atoms with Gasteiger partial charge in [0.2, 0.25) is 0 Å². The quantitative estimate of drug-likeness (QED) is 0.759. The summed E-state index contributed by atoms with van der Waals surface area (Å²) in [5, 5.41) is 4.38. The van der Waals surface area contributed by atoms with Gasteiger partial charge in [-0.15, -0.1) is 0 Å². The fourth-order valence-electron chi connectivity index (χ4n) is 2.57. The summed E-state index contributed by atoms with van der Waals surface area (Å²) in [6, 6.07) is 0. The van der Waals surface area contributed by atoms with Gasteiger partial charge in [0.05, 0.1) is 23.5 Å². The summed E-state index contributed by atoms with van der Waals surface area (Å²) in [4.78, 5) is 13.4. The van der Waals surface area contributed by atoms with E-state index in [1.165, 1.54) is 0 Å². The molecular formula is C14H23N3O2. The van der Waals surface area contributed by atoms with Gasteiger partial charge in [-0.3, -0.25) is 14.4 Å². The zero-order valence-corrected chi connectivity index (χ0v) is 12.0. The number of aldehydes is 1. The van der Waals surface area contributed by atoms with E-state index in [0.717, 1.165) is 44.5 Å². The first-order valence-corrected chi connectivity index (χ1v) is 7.01.